The van der Waals surface area contributed by atoms with Crippen molar-refractivity contribution in [2.45, 2.75) is 31.7 Å². The van der Waals surface area contributed by atoms with Gasteiger partial charge in [0.05, 0.1) is 6.61 Å². The highest BCUT2D eigenvalue weighted by atomic mass is 19.1. The number of halogens is 1. The summed E-state index contributed by atoms with van der Waals surface area (Å²) in [6.45, 7) is 7.33. The van der Waals surface area contributed by atoms with E-state index in [2.05, 4.69) is 9.80 Å². The Kier molecular flexibility index (Phi) is 5.82. The van der Waals surface area contributed by atoms with E-state index in [4.69, 9.17) is 4.74 Å². The summed E-state index contributed by atoms with van der Waals surface area (Å²) in [4.78, 5) is 5.10. The number of likely N-dealkylation sites (tertiary alicyclic amines) is 1. The molecule has 2 fully saturated rings. The van der Waals surface area contributed by atoms with Crippen molar-refractivity contribution >= 4 is 0 Å². The first-order valence-electron chi connectivity index (χ1n) is 8.62. The third-order valence-electron chi connectivity index (χ3n) is 4.89. The summed E-state index contributed by atoms with van der Waals surface area (Å²) >= 11 is 0. The van der Waals surface area contributed by atoms with E-state index in [1.54, 1.807) is 12.1 Å². The van der Waals surface area contributed by atoms with Crippen LogP contribution in [0.1, 0.15) is 37.3 Å². The second kappa shape index (κ2) is 8.04. The van der Waals surface area contributed by atoms with Crippen LogP contribution in [0, 0.1) is 5.82 Å². The third-order valence-corrected chi connectivity index (χ3v) is 4.89. The fraction of sp³-hybridized carbons (Fsp3) is 0.667. The SMILES string of the molecule is Fc1ccc(C2CCCCN2CCN2CCCOCC2)cc1. The summed E-state index contributed by atoms with van der Waals surface area (Å²) in [7, 11) is 0. The zero-order valence-corrected chi connectivity index (χ0v) is 13.3. The minimum atomic E-state index is -0.143. The Balaban J connectivity index is 1.58. The van der Waals surface area contributed by atoms with E-state index in [1.807, 2.05) is 12.1 Å². The van der Waals surface area contributed by atoms with E-state index in [9.17, 15) is 4.39 Å². The van der Waals surface area contributed by atoms with Crippen molar-refractivity contribution in [1.29, 1.82) is 0 Å². The molecule has 122 valence electrons. The standard InChI is InChI=1S/C18H27FN2O/c19-17-7-5-16(6-8-17)18-4-1-2-10-21(18)12-11-20-9-3-14-22-15-13-20/h5-8,18H,1-4,9-15H2. The van der Waals surface area contributed by atoms with Gasteiger partial charge in [0.1, 0.15) is 5.82 Å². The van der Waals surface area contributed by atoms with Crippen LogP contribution in [0.2, 0.25) is 0 Å². The summed E-state index contributed by atoms with van der Waals surface area (Å²) in [5, 5.41) is 0. The van der Waals surface area contributed by atoms with Gasteiger partial charge in [-0.2, -0.15) is 0 Å². The molecule has 0 spiro atoms. The van der Waals surface area contributed by atoms with E-state index >= 15 is 0 Å². The van der Waals surface area contributed by atoms with E-state index in [0.717, 1.165) is 52.4 Å². The van der Waals surface area contributed by atoms with Gasteiger partial charge in [0.2, 0.25) is 0 Å². The van der Waals surface area contributed by atoms with Crippen molar-refractivity contribution in [3.63, 3.8) is 0 Å². The zero-order chi connectivity index (χ0) is 15.2. The summed E-state index contributed by atoms with van der Waals surface area (Å²) in [5.74, 6) is -0.143. The smallest absolute Gasteiger partial charge is 0.123 e. The number of rotatable bonds is 4. The van der Waals surface area contributed by atoms with Gasteiger partial charge >= 0.3 is 0 Å². The van der Waals surface area contributed by atoms with Gasteiger partial charge in [0.25, 0.3) is 0 Å². The highest BCUT2D eigenvalue weighted by Gasteiger charge is 2.24. The fourth-order valence-corrected chi connectivity index (χ4v) is 3.61. The van der Waals surface area contributed by atoms with Crippen LogP contribution in [0.5, 0.6) is 0 Å². The minimum Gasteiger partial charge on any atom is -0.380 e. The van der Waals surface area contributed by atoms with E-state index in [1.165, 1.54) is 24.8 Å². The lowest BCUT2D eigenvalue weighted by Crippen LogP contribution is -2.40. The summed E-state index contributed by atoms with van der Waals surface area (Å²) in [5.41, 5.74) is 1.26. The summed E-state index contributed by atoms with van der Waals surface area (Å²) in [6.07, 6.45) is 4.88. The molecule has 1 aromatic rings. The second-order valence-electron chi connectivity index (χ2n) is 6.41. The molecule has 1 aromatic carbocycles. The Hall–Kier alpha value is -0.970. The average Bonchev–Trinajstić information content (AvgIpc) is 2.83. The molecule has 2 saturated heterocycles. The molecule has 0 aliphatic carbocycles. The van der Waals surface area contributed by atoms with Crippen molar-refractivity contribution in [3.8, 4) is 0 Å². The van der Waals surface area contributed by atoms with Crippen LogP contribution in [-0.2, 0) is 4.74 Å². The predicted molar refractivity (Wildman–Crippen MR) is 86.4 cm³/mol. The normalized spacial score (nSPS) is 25.0. The molecule has 3 rings (SSSR count). The number of hydrogen-bond acceptors (Lipinski definition) is 3. The van der Waals surface area contributed by atoms with Gasteiger partial charge in [-0.05, 0) is 43.5 Å². The van der Waals surface area contributed by atoms with Gasteiger partial charge in [-0.25, -0.2) is 4.39 Å². The maximum atomic E-state index is 13.1. The lowest BCUT2D eigenvalue weighted by Gasteiger charge is -2.37. The largest absolute Gasteiger partial charge is 0.380 e. The van der Waals surface area contributed by atoms with Crippen molar-refractivity contribution < 1.29 is 9.13 Å². The Bertz CT molecular complexity index is 443. The summed E-state index contributed by atoms with van der Waals surface area (Å²) < 4.78 is 18.7. The molecule has 1 atom stereocenters. The molecular formula is C18H27FN2O. The lowest BCUT2D eigenvalue weighted by molar-refractivity contribution is 0.117. The predicted octanol–water partition coefficient (Wildman–Crippen LogP) is 3.08. The molecule has 0 saturated carbocycles. The van der Waals surface area contributed by atoms with E-state index < -0.39 is 0 Å². The average molecular weight is 306 g/mol. The van der Waals surface area contributed by atoms with Crippen LogP contribution < -0.4 is 0 Å². The number of benzene rings is 1. The Morgan fingerprint density at radius 2 is 1.82 bits per heavy atom. The zero-order valence-electron chi connectivity index (χ0n) is 13.3. The summed E-state index contributed by atoms with van der Waals surface area (Å²) in [6, 6.07) is 7.55. The highest BCUT2D eigenvalue weighted by molar-refractivity contribution is 5.20. The number of piperidine rings is 1. The molecule has 22 heavy (non-hydrogen) atoms. The fourth-order valence-electron chi connectivity index (χ4n) is 3.61. The van der Waals surface area contributed by atoms with Crippen LogP contribution in [0.3, 0.4) is 0 Å². The topological polar surface area (TPSA) is 15.7 Å². The van der Waals surface area contributed by atoms with Crippen LogP contribution in [0.15, 0.2) is 24.3 Å². The van der Waals surface area contributed by atoms with Crippen LogP contribution in [0.4, 0.5) is 4.39 Å². The molecule has 1 unspecified atom stereocenters. The molecule has 2 heterocycles. The molecule has 0 amide bonds. The Labute approximate surface area is 133 Å². The van der Waals surface area contributed by atoms with Crippen molar-refractivity contribution in [2.75, 3.05) is 45.9 Å². The maximum Gasteiger partial charge on any atom is 0.123 e. The minimum absolute atomic E-state index is 0.143. The van der Waals surface area contributed by atoms with Crippen LogP contribution in [-0.4, -0.2) is 55.7 Å². The third kappa shape index (κ3) is 4.28. The molecule has 0 N–H and O–H groups in total. The molecule has 0 bridgehead atoms. The number of hydrogen-bond donors (Lipinski definition) is 0. The van der Waals surface area contributed by atoms with E-state index in [0.29, 0.717) is 6.04 Å². The first-order chi connectivity index (χ1) is 10.8. The monoisotopic (exact) mass is 306 g/mol. The van der Waals surface area contributed by atoms with Gasteiger partial charge in [-0.1, -0.05) is 18.6 Å². The number of nitrogens with zero attached hydrogens (tertiary/aromatic N) is 2. The molecule has 2 aliphatic rings. The van der Waals surface area contributed by atoms with Crippen LogP contribution in [0.25, 0.3) is 0 Å². The van der Waals surface area contributed by atoms with Crippen LogP contribution >= 0.6 is 0 Å². The van der Waals surface area contributed by atoms with Crippen molar-refractivity contribution in [1.82, 2.24) is 9.80 Å². The second-order valence-corrected chi connectivity index (χ2v) is 6.41. The quantitative estimate of drug-likeness (QED) is 0.850. The molecular weight excluding hydrogens is 279 g/mol. The van der Waals surface area contributed by atoms with Gasteiger partial charge in [0.15, 0.2) is 0 Å². The van der Waals surface area contributed by atoms with E-state index in [-0.39, 0.29) is 5.82 Å². The molecule has 3 nitrogen and oxygen atoms in total. The molecule has 0 radical (unpaired) electrons. The first-order valence-corrected chi connectivity index (χ1v) is 8.62. The molecule has 2 aliphatic heterocycles. The Morgan fingerprint density at radius 1 is 0.955 bits per heavy atom. The van der Waals surface area contributed by atoms with Gasteiger partial charge in [-0.15, -0.1) is 0 Å². The first kappa shape index (κ1) is 15.9. The van der Waals surface area contributed by atoms with Gasteiger partial charge in [-0.3, -0.25) is 9.80 Å². The number of ether oxygens (including phenoxy) is 1. The Morgan fingerprint density at radius 3 is 2.68 bits per heavy atom. The highest BCUT2D eigenvalue weighted by Crippen LogP contribution is 2.30. The van der Waals surface area contributed by atoms with Gasteiger partial charge in [0, 0.05) is 38.8 Å². The van der Waals surface area contributed by atoms with Gasteiger partial charge < -0.3 is 4.74 Å². The lowest BCUT2D eigenvalue weighted by atomic mass is 9.95. The molecule has 4 heteroatoms. The van der Waals surface area contributed by atoms with Crippen molar-refractivity contribution in [2.24, 2.45) is 0 Å². The molecule has 0 aromatic heterocycles. The van der Waals surface area contributed by atoms with Crippen molar-refractivity contribution in [3.05, 3.63) is 35.6 Å². The maximum absolute atomic E-state index is 13.1.